The summed E-state index contributed by atoms with van der Waals surface area (Å²) in [5.41, 5.74) is 0.648. The monoisotopic (exact) mass is 357 g/mol. The maximum atomic E-state index is 12.6. The molecule has 138 valence electrons. The number of anilines is 1. The van der Waals surface area contributed by atoms with Crippen LogP contribution in [0.25, 0.3) is 0 Å². The van der Waals surface area contributed by atoms with Crippen LogP contribution in [0.5, 0.6) is 5.75 Å². The molecule has 3 aliphatic rings. The van der Waals surface area contributed by atoms with Crippen molar-refractivity contribution < 1.29 is 24.2 Å². The quantitative estimate of drug-likeness (QED) is 0.765. The van der Waals surface area contributed by atoms with Crippen LogP contribution in [0, 0.1) is 23.7 Å². The fraction of sp³-hybridized carbons (Fsp3) is 0.500. The number of hydrogen-bond acceptors (Lipinski definition) is 4. The average Bonchev–Trinajstić information content (AvgIpc) is 3.37. The summed E-state index contributed by atoms with van der Waals surface area (Å²) in [5, 5.41) is 12.3. The van der Waals surface area contributed by atoms with Gasteiger partial charge in [-0.3, -0.25) is 9.59 Å². The molecule has 2 fully saturated rings. The van der Waals surface area contributed by atoms with Crippen LogP contribution in [-0.4, -0.2) is 36.3 Å². The maximum Gasteiger partial charge on any atom is 0.307 e. The van der Waals surface area contributed by atoms with Crippen LogP contribution in [0.4, 0.5) is 5.69 Å². The molecule has 1 aliphatic heterocycles. The summed E-state index contributed by atoms with van der Waals surface area (Å²) in [7, 11) is 0. The Morgan fingerprint density at radius 3 is 2.54 bits per heavy atom. The Kier molecular flexibility index (Phi) is 4.68. The van der Waals surface area contributed by atoms with E-state index in [0.717, 1.165) is 31.6 Å². The second-order valence-electron chi connectivity index (χ2n) is 7.30. The van der Waals surface area contributed by atoms with Gasteiger partial charge in [-0.1, -0.05) is 12.2 Å². The van der Waals surface area contributed by atoms with Gasteiger partial charge in [0, 0.05) is 12.3 Å². The Balaban J connectivity index is 1.35. The van der Waals surface area contributed by atoms with Crippen LogP contribution in [-0.2, 0) is 14.3 Å². The first kappa shape index (κ1) is 17.1. The van der Waals surface area contributed by atoms with Crippen molar-refractivity contribution in [2.75, 3.05) is 18.5 Å². The van der Waals surface area contributed by atoms with Crippen LogP contribution in [0.1, 0.15) is 19.3 Å². The van der Waals surface area contributed by atoms with Crippen LogP contribution < -0.4 is 10.1 Å². The molecule has 1 saturated heterocycles. The predicted molar refractivity (Wildman–Crippen MR) is 94.9 cm³/mol. The Bertz CT molecular complexity index is 707. The zero-order chi connectivity index (χ0) is 18.1. The Labute approximate surface area is 152 Å². The molecule has 4 rings (SSSR count). The molecule has 5 atom stereocenters. The van der Waals surface area contributed by atoms with E-state index in [-0.39, 0.29) is 23.8 Å². The standard InChI is InChI=1S/C20H23NO5/c22-19(17-12-3-4-13(10-12)18(17)20(23)24)21-14-5-7-15(8-6-14)26-11-16-2-1-9-25-16/h3-8,12-13,16-18H,1-2,9-11H2,(H,21,22)(H,23,24)/t12-,13-,16+,17+,18+/m0/s1. The second-order valence-corrected chi connectivity index (χ2v) is 7.30. The van der Waals surface area contributed by atoms with Gasteiger partial charge in [0.2, 0.25) is 5.91 Å². The molecule has 0 radical (unpaired) electrons. The summed E-state index contributed by atoms with van der Waals surface area (Å²) in [4.78, 5) is 24.2. The fourth-order valence-corrected chi connectivity index (χ4v) is 4.34. The van der Waals surface area contributed by atoms with Crippen LogP contribution in [0.3, 0.4) is 0 Å². The lowest BCUT2D eigenvalue weighted by Gasteiger charge is -2.23. The molecule has 1 saturated carbocycles. The number of carboxylic acid groups (broad SMARTS) is 1. The molecule has 2 bridgehead atoms. The fourth-order valence-electron chi connectivity index (χ4n) is 4.34. The number of benzene rings is 1. The minimum Gasteiger partial charge on any atom is -0.491 e. The highest BCUT2D eigenvalue weighted by Gasteiger charge is 2.51. The van der Waals surface area contributed by atoms with Crippen molar-refractivity contribution in [3.8, 4) is 5.75 Å². The van der Waals surface area contributed by atoms with E-state index in [1.54, 1.807) is 24.3 Å². The highest BCUT2D eigenvalue weighted by molar-refractivity contribution is 5.96. The molecule has 1 aromatic rings. The van der Waals surface area contributed by atoms with Crippen LogP contribution in [0.2, 0.25) is 0 Å². The van der Waals surface area contributed by atoms with Gasteiger partial charge in [0.05, 0.1) is 17.9 Å². The van der Waals surface area contributed by atoms with Gasteiger partial charge < -0.3 is 19.9 Å². The van der Waals surface area contributed by atoms with E-state index < -0.39 is 17.8 Å². The molecule has 0 spiro atoms. The van der Waals surface area contributed by atoms with Gasteiger partial charge in [0.1, 0.15) is 12.4 Å². The van der Waals surface area contributed by atoms with Crippen molar-refractivity contribution in [2.24, 2.45) is 23.7 Å². The second kappa shape index (κ2) is 7.11. The first-order valence-electron chi connectivity index (χ1n) is 9.18. The number of carboxylic acids is 1. The van der Waals surface area contributed by atoms with E-state index in [4.69, 9.17) is 9.47 Å². The number of carbonyl (C=O) groups excluding carboxylic acids is 1. The van der Waals surface area contributed by atoms with Gasteiger partial charge in [0.15, 0.2) is 0 Å². The van der Waals surface area contributed by atoms with E-state index in [2.05, 4.69) is 5.32 Å². The summed E-state index contributed by atoms with van der Waals surface area (Å²) in [6, 6.07) is 7.17. The van der Waals surface area contributed by atoms with Crippen molar-refractivity contribution in [1.29, 1.82) is 0 Å². The van der Waals surface area contributed by atoms with Crippen molar-refractivity contribution >= 4 is 17.6 Å². The minimum atomic E-state index is -0.889. The first-order valence-corrected chi connectivity index (χ1v) is 9.18. The molecule has 0 unspecified atom stereocenters. The van der Waals surface area contributed by atoms with Gasteiger partial charge >= 0.3 is 5.97 Å². The molecule has 1 amide bonds. The third-order valence-corrected chi connectivity index (χ3v) is 5.63. The maximum absolute atomic E-state index is 12.6. The average molecular weight is 357 g/mol. The van der Waals surface area contributed by atoms with E-state index in [0.29, 0.717) is 12.3 Å². The topological polar surface area (TPSA) is 84.9 Å². The highest BCUT2D eigenvalue weighted by atomic mass is 16.5. The van der Waals surface area contributed by atoms with Crippen molar-refractivity contribution in [3.63, 3.8) is 0 Å². The van der Waals surface area contributed by atoms with Crippen LogP contribution in [0.15, 0.2) is 36.4 Å². The SMILES string of the molecule is O=C(O)[C@H]1[C@H](C(=O)Nc2ccc(OC[C@H]3CCCO3)cc2)[C@H]2C=C[C@H]1C2. The van der Waals surface area contributed by atoms with Crippen molar-refractivity contribution in [2.45, 2.75) is 25.4 Å². The highest BCUT2D eigenvalue weighted by Crippen LogP contribution is 2.48. The first-order chi connectivity index (χ1) is 12.6. The summed E-state index contributed by atoms with van der Waals surface area (Å²) < 4.78 is 11.2. The number of hydrogen-bond donors (Lipinski definition) is 2. The summed E-state index contributed by atoms with van der Waals surface area (Å²) in [6.45, 7) is 1.33. The van der Waals surface area contributed by atoms with E-state index >= 15 is 0 Å². The lowest BCUT2D eigenvalue weighted by molar-refractivity contribution is -0.146. The van der Waals surface area contributed by atoms with Gasteiger partial charge in [-0.05, 0) is 55.4 Å². The number of nitrogens with one attached hydrogen (secondary N) is 1. The lowest BCUT2D eigenvalue weighted by atomic mass is 9.82. The number of fused-ring (bicyclic) bond motifs is 2. The molecule has 6 nitrogen and oxygen atoms in total. The minimum absolute atomic E-state index is 0.0233. The number of ether oxygens (including phenoxy) is 2. The summed E-state index contributed by atoms with van der Waals surface area (Å²) >= 11 is 0. The van der Waals surface area contributed by atoms with Gasteiger partial charge in [-0.25, -0.2) is 0 Å². The van der Waals surface area contributed by atoms with E-state index in [1.165, 1.54) is 0 Å². The molecule has 0 aromatic heterocycles. The predicted octanol–water partition coefficient (Wildman–Crippen LogP) is 2.71. The third kappa shape index (κ3) is 3.33. The Hall–Kier alpha value is -2.34. The summed E-state index contributed by atoms with van der Waals surface area (Å²) in [5.74, 6) is -1.51. The molecule has 1 aromatic carbocycles. The summed E-state index contributed by atoms with van der Waals surface area (Å²) in [6.07, 6.45) is 6.94. The van der Waals surface area contributed by atoms with Crippen molar-refractivity contribution in [1.82, 2.24) is 0 Å². The number of aliphatic carboxylic acids is 1. The molecular weight excluding hydrogens is 334 g/mol. The van der Waals surface area contributed by atoms with Crippen LogP contribution >= 0.6 is 0 Å². The zero-order valence-electron chi connectivity index (χ0n) is 14.5. The van der Waals surface area contributed by atoms with Gasteiger partial charge in [-0.2, -0.15) is 0 Å². The molecule has 26 heavy (non-hydrogen) atoms. The van der Waals surface area contributed by atoms with Gasteiger partial charge in [-0.15, -0.1) is 0 Å². The molecule has 1 heterocycles. The third-order valence-electron chi connectivity index (χ3n) is 5.63. The van der Waals surface area contributed by atoms with E-state index in [9.17, 15) is 14.7 Å². The molecule has 2 N–H and O–H groups in total. The number of allylic oxidation sites excluding steroid dienone is 2. The Morgan fingerprint density at radius 2 is 1.88 bits per heavy atom. The smallest absolute Gasteiger partial charge is 0.307 e. The Morgan fingerprint density at radius 1 is 1.15 bits per heavy atom. The largest absolute Gasteiger partial charge is 0.491 e. The van der Waals surface area contributed by atoms with Crippen molar-refractivity contribution in [3.05, 3.63) is 36.4 Å². The van der Waals surface area contributed by atoms with Gasteiger partial charge in [0.25, 0.3) is 0 Å². The zero-order valence-corrected chi connectivity index (χ0v) is 14.5. The number of rotatable bonds is 6. The molecule has 2 aliphatic carbocycles. The molecule has 6 heteroatoms. The normalized spacial score (nSPS) is 31.9. The lowest BCUT2D eigenvalue weighted by Crippen LogP contribution is -2.36. The number of amides is 1. The molecular formula is C20H23NO5. The number of carbonyl (C=O) groups is 2. The van der Waals surface area contributed by atoms with E-state index in [1.807, 2.05) is 12.2 Å².